The van der Waals surface area contributed by atoms with Gasteiger partial charge in [-0.3, -0.25) is 9.59 Å². The number of nitrogens with zero attached hydrogens (tertiary/aromatic N) is 2. The van der Waals surface area contributed by atoms with E-state index in [1.165, 1.54) is 49.6 Å². The van der Waals surface area contributed by atoms with Crippen LogP contribution in [0.5, 0.6) is 5.75 Å². The summed E-state index contributed by atoms with van der Waals surface area (Å²) in [7, 11) is 1.44. The van der Waals surface area contributed by atoms with Gasteiger partial charge in [-0.05, 0) is 60.5 Å². The summed E-state index contributed by atoms with van der Waals surface area (Å²) in [5.74, 6) is -2.28. The number of carboxylic acid groups (broad SMARTS) is 1. The van der Waals surface area contributed by atoms with Crippen LogP contribution in [0.2, 0.25) is 0 Å². The van der Waals surface area contributed by atoms with Crippen molar-refractivity contribution in [2.75, 3.05) is 12.0 Å². The minimum absolute atomic E-state index is 0.0179. The Kier molecular flexibility index (Phi) is 6.02. The predicted molar refractivity (Wildman–Crippen MR) is 141 cm³/mol. The van der Waals surface area contributed by atoms with Crippen LogP contribution in [-0.2, 0) is 0 Å². The first-order valence-corrected chi connectivity index (χ1v) is 12.4. The molecule has 11 heteroatoms. The lowest BCUT2D eigenvalue weighted by Crippen LogP contribution is -2.29. The standard InChI is InChI=1S/C30H19F3N2O6/c1-40-24-11-8-19(35-27(36)20-9-4-17(29(38)39)12-21(20)28(35)37)14-22(24)26-34-23-13-16(5-10-25(23)41-26)15-2-6-18(7-3-15)30(31,32)33/h2,4-15H,3H2,1H3,(H,38,39). The number of allylic oxidation sites excluding steroid dienone is 4. The molecule has 0 bridgehead atoms. The molecule has 1 atom stereocenters. The van der Waals surface area contributed by atoms with Gasteiger partial charge in [0.15, 0.2) is 5.58 Å². The number of carbonyl (C=O) groups is 3. The minimum atomic E-state index is -4.39. The minimum Gasteiger partial charge on any atom is -0.496 e. The highest BCUT2D eigenvalue weighted by Gasteiger charge is 2.38. The van der Waals surface area contributed by atoms with Crippen LogP contribution in [0, 0.1) is 0 Å². The molecule has 41 heavy (non-hydrogen) atoms. The monoisotopic (exact) mass is 560 g/mol. The molecule has 1 aromatic heterocycles. The van der Waals surface area contributed by atoms with Crippen molar-refractivity contribution in [2.45, 2.75) is 18.5 Å². The quantitative estimate of drug-likeness (QED) is 0.276. The van der Waals surface area contributed by atoms with E-state index in [0.717, 1.165) is 16.5 Å². The van der Waals surface area contributed by atoms with Gasteiger partial charge in [-0.2, -0.15) is 13.2 Å². The largest absolute Gasteiger partial charge is 0.496 e. The van der Waals surface area contributed by atoms with E-state index in [1.807, 2.05) is 0 Å². The van der Waals surface area contributed by atoms with Crippen molar-refractivity contribution in [1.29, 1.82) is 0 Å². The molecule has 3 aromatic carbocycles. The molecule has 206 valence electrons. The number of amides is 2. The first-order valence-electron chi connectivity index (χ1n) is 12.4. The summed E-state index contributed by atoms with van der Waals surface area (Å²) in [5, 5.41) is 9.27. The van der Waals surface area contributed by atoms with Crippen LogP contribution < -0.4 is 9.64 Å². The first kappa shape index (κ1) is 26.1. The highest BCUT2D eigenvalue weighted by Crippen LogP contribution is 2.39. The summed E-state index contributed by atoms with van der Waals surface area (Å²) in [4.78, 5) is 43.1. The average molecular weight is 560 g/mol. The second kappa shape index (κ2) is 9.47. The van der Waals surface area contributed by atoms with E-state index in [0.29, 0.717) is 22.4 Å². The summed E-state index contributed by atoms with van der Waals surface area (Å²) >= 11 is 0. The van der Waals surface area contributed by atoms with Crippen molar-refractivity contribution in [1.82, 2.24) is 4.98 Å². The number of imide groups is 1. The molecule has 0 spiro atoms. The van der Waals surface area contributed by atoms with Gasteiger partial charge in [0.2, 0.25) is 5.89 Å². The molecule has 2 heterocycles. The molecule has 8 nitrogen and oxygen atoms in total. The maximum Gasteiger partial charge on any atom is 0.416 e. The fourth-order valence-electron chi connectivity index (χ4n) is 4.98. The van der Waals surface area contributed by atoms with Crippen molar-refractivity contribution in [3.05, 3.63) is 101 Å². The summed E-state index contributed by atoms with van der Waals surface area (Å²) in [6.45, 7) is 0. The number of alkyl halides is 3. The van der Waals surface area contributed by atoms with Crippen LogP contribution in [0.3, 0.4) is 0 Å². The second-order valence-electron chi connectivity index (χ2n) is 9.50. The van der Waals surface area contributed by atoms with Crippen LogP contribution in [-0.4, -0.2) is 41.2 Å². The third kappa shape index (κ3) is 4.45. The van der Waals surface area contributed by atoms with Crippen LogP contribution in [0.25, 0.3) is 22.6 Å². The van der Waals surface area contributed by atoms with Crippen LogP contribution in [0.1, 0.15) is 49.0 Å². The Morgan fingerprint density at radius 3 is 2.49 bits per heavy atom. The van der Waals surface area contributed by atoms with E-state index < -0.39 is 29.5 Å². The zero-order chi connectivity index (χ0) is 29.1. The second-order valence-corrected chi connectivity index (χ2v) is 9.50. The molecule has 1 unspecified atom stereocenters. The van der Waals surface area contributed by atoms with Crippen LogP contribution in [0.15, 0.2) is 82.8 Å². The highest BCUT2D eigenvalue weighted by atomic mass is 19.4. The molecule has 1 N–H and O–H groups in total. The summed E-state index contributed by atoms with van der Waals surface area (Å²) in [6, 6.07) is 13.5. The number of anilines is 1. The number of aromatic nitrogens is 1. The van der Waals surface area contributed by atoms with Gasteiger partial charge in [0.1, 0.15) is 11.3 Å². The molecule has 0 saturated heterocycles. The number of benzene rings is 3. The lowest BCUT2D eigenvalue weighted by atomic mass is 9.90. The van der Waals surface area contributed by atoms with Gasteiger partial charge in [0.05, 0.1) is 40.6 Å². The fraction of sp³-hybridized carbons (Fsp3) is 0.133. The average Bonchev–Trinajstić information content (AvgIpc) is 3.50. The van der Waals surface area contributed by atoms with E-state index >= 15 is 0 Å². The van der Waals surface area contributed by atoms with Gasteiger partial charge in [0, 0.05) is 5.92 Å². The number of fused-ring (bicyclic) bond motifs is 2. The van der Waals surface area contributed by atoms with Gasteiger partial charge in [-0.25, -0.2) is 14.7 Å². The fourth-order valence-corrected chi connectivity index (χ4v) is 4.98. The Hall–Kier alpha value is -5.19. The lowest BCUT2D eigenvalue weighted by Gasteiger charge is -2.18. The number of rotatable bonds is 5. The molecular formula is C30H19F3N2O6. The number of ether oxygens (including phenoxy) is 1. The Bertz CT molecular complexity index is 1840. The van der Waals surface area contributed by atoms with Gasteiger partial charge in [-0.1, -0.05) is 24.3 Å². The Labute approximate surface area is 230 Å². The van der Waals surface area contributed by atoms with Crippen molar-refractivity contribution >= 4 is 34.6 Å². The Morgan fingerprint density at radius 2 is 1.80 bits per heavy atom. The molecule has 4 aromatic rings. The third-order valence-electron chi connectivity index (χ3n) is 7.07. The summed E-state index contributed by atoms with van der Waals surface area (Å²) < 4.78 is 50.3. The van der Waals surface area contributed by atoms with Gasteiger partial charge >= 0.3 is 12.1 Å². The van der Waals surface area contributed by atoms with Crippen molar-refractivity contribution in [3.63, 3.8) is 0 Å². The maximum atomic E-state index is 13.2. The van der Waals surface area contributed by atoms with E-state index in [-0.39, 0.29) is 40.6 Å². The third-order valence-corrected chi connectivity index (χ3v) is 7.07. The van der Waals surface area contributed by atoms with E-state index in [1.54, 1.807) is 24.3 Å². The summed E-state index contributed by atoms with van der Waals surface area (Å²) in [5.41, 5.74) is 1.47. The first-order chi connectivity index (χ1) is 19.5. The van der Waals surface area contributed by atoms with Crippen molar-refractivity contribution in [3.8, 4) is 17.2 Å². The number of methoxy groups -OCH3 is 1. The van der Waals surface area contributed by atoms with E-state index in [9.17, 15) is 32.7 Å². The number of hydrogen-bond donors (Lipinski definition) is 1. The number of halogens is 3. The number of aromatic carboxylic acids is 1. The molecular weight excluding hydrogens is 541 g/mol. The number of oxazole rings is 1. The molecule has 1 aliphatic heterocycles. The Balaban J connectivity index is 1.34. The van der Waals surface area contributed by atoms with E-state index in [4.69, 9.17) is 9.15 Å². The molecule has 6 rings (SSSR count). The van der Waals surface area contributed by atoms with Gasteiger partial charge < -0.3 is 14.3 Å². The summed E-state index contributed by atoms with van der Waals surface area (Å²) in [6.07, 6.45) is -0.453. The van der Waals surface area contributed by atoms with Crippen molar-refractivity contribution < 1.29 is 41.8 Å². The van der Waals surface area contributed by atoms with Gasteiger partial charge in [0.25, 0.3) is 11.8 Å². The molecule has 2 aliphatic rings. The predicted octanol–water partition coefficient (Wildman–Crippen LogP) is 6.53. The number of carbonyl (C=O) groups excluding carboxylic acids is 2. The van der Waals surface area contributed by atoms with Crippen LogP contribution >= 0.6 is 0 Å². The topological polar surface area (TPSA) is 110 Å². The Morgan fingerprint density at radius 1 is 1.02 bits per heavy atom. The number of carboxylic acids is 1. The molecule has 1 aliphatic carbocycles. The van der Waals surface area contributed by atoms with Crippen LogP contribution in [0.4, 0.5) is 18.9 Å². The van der Waals surface area contributed by atoms with Crippen molar-refractivity contribution in [2.24, 2.45) is 0 Å². The maximum absolute atomic E-state index is 13.2. The zero-order valence-corrected chi connectivity index (χ0v) is 21.2. The van der Waals surface area contributed by atoms with Gasteiger partial charge in [-0.15, -0.1) is 0 Å². The molecule has 0 saturated carbocycles. The highest BCUT2D eigenvalue weighted by molar-refractivity contribution is 6.34. The molecule has 2 amide bonds. The molecule has 0 fully saturated rings. The normalized spacial score (nSPS) is 16.7. The number of hydrogen-bond acceptors (Lipinski definition) is 6. The zero-order valence-electron chi connectivity index (χ0n) is 21.2. The van der Waals surface area contributed by atoms with E-state index in [2.05, 4.69) is 4.98 Å². The molecule has 0 radical (unpaired) electrons. The SMILES string of the molecule is COc1ccc(N2C(=O)c3ccc(C(=O)O)cc3C2=O)cc1-c1nc2cc(C3C=CC(C(F)(F)F)=CC3)ccc2o1. The smallest absolute Gasteiger partial charge is 0.416 e. The lowest BCUT2D eigenvalue weighted by molar-refractivity contribution is -0.0886.